The van der Waals surface area contributed by atoms with Gasteiger partial charge in [0.1, 0.15) is 6.10 Å². The molecule has 1 saturated carbocycles. The first-order valence-corrected chi connectivity index (χ1v) is 6.25. The minimum absolute atomic E-state index is 0.189. The molecule has 0 spiro atoms. The topological polar surface area (TPSA) is 47.6 Å². The van der Waals surface area contributed by atoms with E-state index in [4.69, 9.17) is 10.5 Å². The summed E-state index contributed by atoms with van der Waals surface area (Å²) < 4.78 is 5.34. The molecule has 2 aliphatic rings. The van der Waals surface area contributed by atoms with Crippen LogP contribution in [0.2, 0.25) is 0 Å². The molecule has 2 rings (SSSR count). The monoisotopic (exact) mass is 210 g/mol. The lowest BCUT2D eigenvalue weighted by molar-refractivity contribution is 0.197. The highest BCUT2D eigenvalue weighted by molar-refractivity contribution is 5.73. The highest BCUT2D eigenvalue weighted by Crippen LogP contribution is 2.29. The third-order valence-electron chi connectivity index (χ3n) is 3.74. The molecule has 0 bridgehead atoms. The zero-order valence-electron chi connectivity index (χ0n) is 9.61. The van der Waals surface area contributed by atoms with Gasteiger partial charge in [0.25, 0.3) is 6.02 Å². The van der Waals surface area contributed by atoms with Crippen molar-refractivity contribution in [3.05, 3.63) is 0 Å². The maximum Gasteiger partial charge on any atom is 0.282 e. The highest BCUT2D eigenvalue weighted by atomic mass is 16.5. The first-order chi connectivity index (χ1) is 7.25. The summed E-state index contributed by atoms with van der Waals surface area (Å²) in [5, 5.41) is 0. The molecule has 0 aromatic carbocycles. The average molecular weight is 210 g/mol. The van der Waals surface area contributed by atoms with Gasteiger partial charge in [-0.05, 0) is 25.7 Å². The fraction of sp³-hybridized carbons (Fsp3) is 0.917. The van der Waals surface area contributed by atoms with Crippen LogP contribution in [0.3, 0.4) is 0 Å². The summed E-state index contributed by atoms with van der Waals surface area (Å²) in [7, 11) is 0. The van der Waals surface area contributed by atoms with Crippen LogP contribution in [0.1, 0.15) is 51.9 Å². The first kappa shape index (κ1) is 10.8. The predicted molar refractivity (Wildman–Crippen MR) is 61.8 cm³/mol. The Labute approximate surface area is 92.1 Å². The van der Waals surface area contributed by atoms with Gasteiger partial charge in [-0.15, -0.1) is 0 Å². The van der Waals surface area contributed by atoms with E-state index >= 15 is 0 Å². The van der Waals surface area contributed by atoms with Crippen LogP contribution in [0.15, 0.2) is 4.99 Å². The molecule has 3 heteroatoms. The van der Waals surface area contributed by atoms with Crippen LogP contribution in [-0.2, 0) is 4.74 Å². The molecule has 1 aliphatic heterocycles. The molecule has 1 fully saturated rings. The Morgan fingerprint density at radius 2 is 2.00 bits per heavy atom. The lowest BCUT2D eigenvalue weighted by Crippen LogP contribution is -2.21. The zero-order valence-corrected chi connectivity index (χ0v) is 9.61. The van der Waals surface area contributed by atoms with E-state index in [9.17, 15) is 0 Å². The van der Waals surface area contributed by atoms with Crippen molar-refractivity contribution in [1.82, 2.24) is 0 Å². The zero-order chi connectivity index (χ0) is 10.7. The molecule has 2 atom stereocenters. The predicted octanol–water partition coefficient (Wildman–Crippen LogP) is 2.45. The van der Waals surface area contributed by atoms with E-state index in [0.29, 0.717) is 12.1 Å². The summed E-state index contributed by atoms with van der Waals surface area (Å²) in [5.74, 6) is 0.933. The first-order valence-electron chi connectivity index (χ1n) is 6.25. The Bertz CT molecular complexity index is 234. The van der Waals surface area contributed by atoms with E-state index < -0.39 is 0 Å². The summed E-state index contributed by atoms with van der Waals surface area (Å²) >= 11 is 0. The van der Waals surface area contributed by atoms with Gasteiger partial charge in [-0.3, -0.25) is 0 Å². The van der Waals surface area contributed by atoms with E-state index in [2.05, 4.69) is 11.9 Å². The SMILES string of the molecule is C[C@H]1OC(N)=N[C@H]1CCC1CCCCC1. The van der Waals surface area contributed by atoms with Crippen molar-refractivity contribution in [3.8, 4) is 0 Å². The maximum absolute atomic E-state index is 5.55. The Hall–Kier alpha value is -0.730. The average Bonchev–Trinajstić information content (AvgIpc) is 2.56. The number of rotatable bonds is 3. The number of hydrogen-bond donors (Lipinski definition) is 1. The minimum atomic E-state index is 0.189. The lowest BCUT2D eigenvalue weighted by Gasteiger charge is -2.22. The van der Waals surface area contributed by atoms with E-state index in [-0.39, 0.29) is 6.10 Å². The molecule has 1 aliphatic carbocycles. The standard InChI is InChI=1S/C12H22N2O/c1-9-11(14-12(13)15-9)8-7-10-5-3-2-4-6-10/h9-11H,2-8H2,1H3,(H2,13,14)/t9-,11+/m1/s1. The van der Waals surface area contributed by atoms with Gasteiger partial charge in [0.05, 0.1) is 6.04 Å². The van der Waals surface area contributed by atoms with Crippen molar-refractivity contribution in [2.24, 2.45) is 16.6 Å². The summed E-state index contributed by atoms with van der Waals surface area (Å²) in [6.45, 7) is 2.06. The Morgan fingerprint density at radius 1 is 1.27 bits per heavy atom. The molecule has 0 saturated heterocycles. The van der Waals surface area contributed by atoms with Crippen LogP contribution >= 0.6 is 0 Å². The molecule has 0 radical (unpaired) electrons. The number of ether oxygens (including phenoxy) is 1. The van der Waals surface area contributed by atoms with Crippen molar-refractivity contribution in [3.63, 3.8) is 0 Å². The van der Waals surface area contributed by atoms with E-state index in [1.54, 1.807) is 0 Å². The minimum Gasteiger partial charge on any atom is -0.460 e. The van der Waals surface area contributed by atoms with E-state index in [1.807, 2.05) is 0 Å². The lowest BCUT2D eigenvalue weighted by atomic mass is 9.85. The van der Waals surface area contributed by atoms with Crippen molar-refractivity contribution < 1.29 is 4.74 Å². The van der Waals surface area contributed by atoms with Crippen LogP contribution in [0.4, 0.5) is 0 Å². The number of hydrogen-bond acceptors (Lipinski definition) is 3. The summed E-state index contributed by atoms with van der Waals surface area (Å²) in [6, 6.07) is 0.697. The number of amidine groups is 1. The molecule has 0 aromatic heterocycles. The van der Waals surface area contributed by atoms with Crippen molar-refractivity contribution in [2.45, 2.75) is 64.0 Å². The van der Waals surface area contributed by atoms with Crippen LogP contribution in [-0.4, -0.2) is 18.2 Å². The van der Waals surface area contributed by atoms with Crippen LogP contribution in [0.5, 0.6) is 0 Å². The largest absolute Gasteiger partial charge is 0.460 e. The molecule has 2 N–H and O–H groups in total. The smallest absolute Gasteiger partial charge is 0.282 e. The highest BCUT2D eigenvalue weighted by Gasteiger charge is 2.26. The van der Waals surface area contributed by atoms with Gasteiger partial charge in [0, 0.05) is 0 Å². The number of nitrogens with zero attached hydrogens (tertiary/aromatic N) is 1. The summed E-state index contributed by atoms with van der Waals surface area (Å²) in [6.07, 6.45) is 9.75. The van der Waals surface area contributed by atoms with Gasteiger partial charge >= 0.3 is 0 Å². The van der Waals surface area contributed by atoms with Crippen LogP contribution in [0.25, 0.3) is 0 Å². The third-order valence-corrected chi connectivity index (χ3v) is 3.74. The fourth-order valence-corrected chi connectivity index (χ4v) is 2.75. The summed E-state index contributed by atoms with van der Waals surface area (Å²) in [4.78, 5) is 4.33. The van der Waals surface area contributed by atoms with E-state index in [0.717, 1.165) is 12.3 Å². The summed E-state index contributed by atoms with van der Waals surface area (Å²) in [5.41, 5.74) is 5.55. The van der Waals surface area contributed by atoms with Gasteiger partial charge in [-0.2, -0.15) is 0 Å². The molecule has 1 heterocycles. The van der Waals surface area contributed by atoms with E-state index in [1.165, 1.54) is 38.5 Å². The Morgan fingerprint density at radius 3 is 2.60 bits per heavy atom. The quantitative estimate of drug-likeness (QED) is 0.777. The molecule has 0 amide bonds. The second-order valence-corrected chi connectivity index (χ2v) is 4.94. The van der Waals surface area contributed by atoms with Gasteiger partial charge in [-0.25, -0.2) is 4.99 Å². The van der Waals surface area contributed by atoms with Crippen molar-refractivity contribution in [2.75, 3.05) is 0 Å². The molecule has 0 unspecified atom stereocenters. The fourth-order valence-electron chi connectivity index (χ4n) is 2.75. The third kappa shape index (κ3) is 2.86. The van der Waals surface area contributed by atoms with Crippen LogP contribution < -0.4 is 5.73 Å². The van der Waals surface area contributed by atoms with Gasteiger partial charge < -0.3 is 10.5 Å². The molecule has 15 heavy (non-hydrogen) atoms. The number of aliphatic imine (C=N–C) groups is 1. The Balaban J connectivity index is 1.72. The normalized spacial score (nSPS) is 32.5. The second kappa shape index (κ2) is 4.86. The molecular weight excluding hydrogens is 188 g/mol. The molecule has 0 aromatic rings. The molecular formula is C12H22N2O. The van der Waals surface area contributed by atoms with Gasteiger partial charge in [0.15, 0.2) is 0 Å². The van der Waals surface area contributed by atoms with Gasteiger partial charge in [0.2, 0.25) is 0 Å². The van der Waals surface area contributed by atoms with Crippen molar-refractivity contribution >= 4 is 6.02 Å². The Kier molecular flexibility index (Phi) is 3.49. The second-order valence-electron chi connectivity index (χ2n) is 4.94. The molecule has 86 valence electrons. The van der Waals surface area contributed by atoms with Gasteiger partial charge in [-0.1, -0.05) is 32.1 Å². The van der Waals surface area contributed by atoms with Crippen molar-refractivity contribution in [1.29, 1.82) is 0 Å². The molecule has 3 nitrogen and oxygen atoms in total. The maximum atomic E-state index is 5.55. The van der Waals surface area contributed by atoms with Crippen LogP contribution in [0, 0.1) is 5.92 Å². The number of nitrogens with two attached hydrogens (primary N) is 1.